The molecule has 8 nitrogen and oxygen atoms in total. The van der Waals surface area contributed by atoms with Crippen molar-refractivity contribution >= 4 is 40.9 Å². The predicted molar refractivity (Wildman–Crippen MR) is 124 cm³/mol. The zero-order chi connectivity index (χ0) is 24.6. The number of piperazine rings is 1. The van der Waals surface area contributed by atoms with Gasteiger partial charge in [0.05, 0.1) is 5.69 Å². The maximum atomic E-state index is 14.5. The molecular formula is C24H24ClFN4O4. The number of ketones is 1. The molecule has 178 valence electrons. The highest BCUT2D eigenvalue weighted by Gasteiger charge is 2.49. The van der Waals surface area contributed by atoms with Crippen LogP contribution < -0.4 is 10.2 Å². The third-order valence-corrected chi connectivity index (χ3v) is 6.57. The van der Waals surface area contributed by atoms with E-state index in [-0.39, 0.29) is 18.2 Å². The number of nitrogens with zero attached hydrogens (tertiary/aromatic N) is 3. The normalized spacial score (nSPS) is 20.5. The summed E-state index contributed by atoms with van der Waals surface area (Å²) in [7, 11) is 0. The van der Waals surface area contributed by atoms with E-state index in [2.05, 4.69) is 5.32 Å². The molecule has 1 N–H and O–H groups in total. The molecule has 4 amide bonds. The van der Waals surface area contributed by atoms with E-state index >= 15 is 0 Å². The number of nitrogens with one attached hydrogen (secondary N) is 1. The Morgan fingerprint density at radius 2 is 1.71 bits per heavy atom. The van der Waals surface area contributed by atoms with Crippen LogP contribution in [-0.2, 0) is 15.1 Å². The number of Topliss-reactive ketones (excluding diaryl/α,β-unsaturated/α-hetero) is 1. The van der Waals surface area contributed by atoms with Crippen LogP contribution >= 0.6 is 11.6 Å². The fourth-order valence-corrected chi connectivity index (χ4v) is 4.36. The van der Waals surface area contributed by atoms with E-state index < -0.39 is 23.3 Å². The van der Waals surface area contributed by atoms with Crippen LogP contribution in [0, 0.1) is 5.82 Å². The van der Waals surface area contributed by atoms with Crippen LogP contribution in [0.4, 0.5) is 14.9 Å². The van der Waals surface area contributed by atoms with E-state index in [1.165, 1.54) is 13.0 Å². The molecule has 2 heterocycles. The van der Waals surface area contributed by atoms with Gasteiger partial charge in [-0.2, -0.15) is 0 Å². The van der Waals surface area contributed by atoms with Crippen LogP contribution in [0.3, 0.4) is 0 Å². The number of halogens is 2. The second kappa shape index (κ2) is 9.06. The van der Waals surface area contributed by atoms with E-state index in [4.69, 9.17) is 11.6 Å². The Labute approximate surface area is 201 Å². The summed E-state index contributed by atoms with van der Waals surface area (Å²) >= 11 is 5.92. The number of urea groups is 1. The van der Waals surface area contributed by atoms with Gasteiger partial charge in [-0.15, -0.1) is 0 Å². The summed E-state index contributed by atoms with van der Waals surface area (Å²) in [6, 6.07) is 10.3. The zero-order valence-corrected chi connectivity index (χ0v) is 19.6. The summed E-state index contributed by atoms with van der Waals surface area (Å²) in [5.74, 6) is -1.59. The molecule has 34 heavy (non-hydrogen) atoms. The minimum absolute atomic E-state index is 0.214. The van der Waals surface area contributed by atoms with Crippen molar-refractivity contribution in [2.45, 2.75) is 19.4 Å². The summed E-state index contributed by atoms with van der Waals surface area (Å²) in [5, 5.41) is 3.18. The minimum atomic E-state index is -1.29. The van der Waals surface area contributed by atoms with Crippen LogP contribution in [0.1, 0.15) is 29.8 Å². The summed E-state index contributed by atoms with van der Waals surface area (Å²) in [5.41, 5.74) is -0.0553. The number of hydrogen-bond donors (Lipinski definition) is 1. The fourth-order valence-electron chi connectivity index (χ4n) is 4.23. The van der Waals surface area contributed by atoms with Crippen molar-refractivity contribution in [3.8, 4) is 0 Å². The molecule has 2 saturated heterocycles. The van der Waals surface area contributed by atoms with Crippen LogP contribution in [0.2, 0.25) is 5.02 Å². The lowest BCUT2D eigenvalue weighted by Gasteiger charge is -2.36. The number of benzene rings is 2. The molecule has 0 spiro atoms. The van der Waals surface area contributed by atoms with Gasteiger partial charge in [0.15, 0.2) is 5.78 Å². The van der Waals surface area contributed by atoms with E-state index in [0.717, 1.165) is 4.90 Å². The molecule has 0 saturated carbocycles. The highest BCUT2D eigenvalue weighted by atomic mass is 35.5. The molecule has 0 radical (unpaired) electrons. The van der Waals surface area contributed by atoms with Gasteiger partial charge >= 0.3 is 6.03 Å². The van der Waals surface area contributed by atoms with E-state index in [1.54, 1.807) is 53.1 Å². The van der Waals surface area contributed by atoms with Crippen LogP contribution in [0.5, 0.6) is 0 Å². The third kappa shape index (κ3) is 4.35. The lowest BCUT2D eigenvalue weighted by molar-refractivity contribution is -0.139. The van der Waals surface area contributed by atoms with Gasteiger partial charge < -0.3 is 15.1 Å². The minimum Gasteiger partial charge on any atom is -0.366 e. The second-order valence-electron chi connectivity index (χ2n) is 8.54. The van der Waals surface area contributed by atoms with Gasteiger partial charge in [-0.3, -0.25) is 19.3 Å². The number of anilines is 1. The molecule has 2 fully saturated rings. The lowest BCUT2D eigenvalue weighted by atomic mass is 9.92. The largest absolute Gasteiger partial charge is 0.366 e. The van der Waals surface area contributed by atoms with E-state index in [1.807, 2.05) is 0 Å². The molecule has 0 aliphatic carbocycles. The van der Waals surface area contributed by atoms with Gasteiger partial charge in [0, 0.05) is 36.8 Å². The van der Waals surface area contributed by atoms with Crippen LogP contribution in [0.25, 0.3) is 0 Å². The third-order valence-electron chi connectivity index (χ3n) is 6.32. The van der Waals surface area contributed by atoms with Gasteiger partial charge in [0.2, 0.25) is 5.91 Å². The van der Waals surface area contributed by atoms with Crippen molar-refractivity contribution in [1.29, 1.82) is 0 Å². The number of imide groups is 1. The number of rotatable bonds is 5. The SMILES string of the molecule is CC(=O)c1ccc(N2CCN(C(=O)CN3C(=O)NC(C)(c4ccc(Cl)cc4)C3=O)CC2)c(F)c1. The molecule has 1 unspecified atom stereocenters. The molecule has 1 atom stereocenters. The highest BCUT2D eigenvalue weighted by Crippen LogP contribution is 2.30. The topological polar surface area (TPSA) is 90.0 Å². The van der Waals surface area contributed by atoms with E-state index in [0.29, 0.717) is 48.0 Å². The summed E-state index contributed by atoms with van der Waals surface area (Å²) in [4.78, 5) is 54.2. The van der Waals surface area contributed by atoms with Gasteiger partial charge in [-0.25, -0.2) is 9.18 Å². The predicted octanol–water partition coefficient (Wildman–Crippen LogP) is 2.80. The smallest absolute Gasteiger partial charge is 0.325 e. The molecule has 0 bridgehead atoms. The Morgan fingerprint density at radius 1 is 1.06 bits per heavy atom. The summed E-state index contributed by atoms with van der Waals surface area (Å²) in [6.07, 6.45) is 0. The van der Waals surface area contributed by atoms with Gasteiger partial charge in [0.1, 0.15) is 17.9 Å². The van der Waals surface area contributed by atoms with Crippen molar-refractivity contribution < 1.29 is 23.6 Å². The molecular weight excluding hydrogens is 463 g/mol. The fraction of sp³-hybridized carbons (Fsp3) is 0.333. The highest BCUT2D eigenvalue weighted by molar-refractivity contribution is 6.30. The Balaban J connectivity index is 1.38. The average Bonchev–Trinajstić information content (AvgIpc) is 3.03. The standard InChI is InChI=1S/C24H24ClFN4O4/c1-15(31)16-3-8-20(19(26)13-16)28-9-11-29(12-10-28)21(32)14-30-22(33)24(2,27-23(30)34)17-4-6-18(25)7-5-17/h3-8,13H,9-12,14H2,1-2H3,(H,27,34). The van der Waals surface area contributed by atoms with Crippen molar-refractivity contribution in [2.24, 2.45) is 0 Å². The molecule has 2 aliphatic rings. The molecule has 10 heteroatoms. The molecule has 2 aromatic carbocycles. The number of hydrogen-bond acceptors (Lipinski definition) is 5. The maximum absolute atomic E-state index is 14.5. The Hall–Kier alpha value is -3.46. The van der Waals surface area contributed by atoms with Crippen molar-refractivity contribution in [2.75, 3.05) is 37.6 Å². The Morgan fingerprint density at radius 3 is 2.29 bits per heavy atom. The molecule has 4 rings (SSSR count). The van der Waals surface area contributed by atoms with Crippen molar-refractivity contribution in [1.82, 2.24) is 15.1 Å². The number of carbonyl (C=O) groups is 4. The first-order chi connectivity index (χ1) is 16.1. The number of carbonyl (C=O) groups excluding carboxylic acids is 4. The molecule has 2 aromatic rings. The maximum Gasteiger partial charge on any atom is 0.325 e. The van der Waals surface area contributed by atoms with Gasteiger partial charge in [-0.1, -0.05) is 23.7 Å². The quantitative estimate of drug-likeness (QED) is 0.518. The summed E-state index contributed by atoms with van der Waals surface area (Å²) in [6.45, 7) is 3.97. The first-order valence-corrected chi connectivity index (χ1v) is 11.2. The van der Waals surface area contributed by atoms with Crippen LogP contribution in [0.15, 0.2) is 42.5 Å². The van der Waals surface area contributed by atoms with Crippen molar-refractivity contribution in [3.05, 3.63) is 64.4 Å². The second-order valence-corrected chi connectivity index (χ2v) is 8.98. The summed E-state index contributed by atoms with van der Waals surface area (Å²) < 4.78 is 14.5. The van der Waals surface area contributed by atoms with Crippen LogP contribution in [-0.4, -0.2) is 66.2 Å². The average molecular weight is 487 g/mol. The lowest BCUT2D eigenvalue weighted by Crippen LogP contribution is -2.52. The first-order valence-electron chi connectivity index (χ1n) is 10.8. The zero-order valence-electron chi connectivity index (χ0n) is 18.8. The van der Waals surface area contributed by atoms with Gasteiger partial charge in [-0.05, 0) is 49.7 Å². The van der Waals surface area contributed by atoms with E-state index in [9.17, 15) is 23.6 Å². The Kier molecular flexibility index (Phi) is 6.31. The van der Waals surface area contributed by atoms with Gasteiger partial charge in [0.25, 0.3) is 5.91 Å². The first kappa shape index (κ1) is 23.7. The molecule has 0 aromatic heterocycles. The van der Waals surface area contributed by atoms with Crippen molar-refractivity contribution in [3.63, 3.8) is 0 Å². The number of amides is 4. The monoisotopic (exact) mass is 486 g/mol. The molecule has 2 aliphatic heterocycles. The Bertz CT molecular complexity index is 1160.